The molecule has 2 aliphatic rings. The first-order valence-electron chi connectivity index (χ1n) is 13.6. The molecule has 0 aromatic heterocycles. The first-order chi connectivity index (χ1) is 18.8. The Morgan fingerprint density at radius 2 is 1.67 bits per heavy atom. The highest BCUT2D eigenvalue weighted by atomic mass is 16.2. The van der Waals surface area contributed by atoms with Crippen LogP contribution in [0.3, 0.4) is 0 Å². The first kappa shape index (κ1) is 26.4. The molecule has 5 rings (SSSR count). The van der Waals surface area contributed by atoms with E-state index in [0.717, 1.165) is 48.8 Å². The van der Waals surface area contributed by atoms with Crippen LogP contribution in [0.2, 0.25) is 0 Å². The summed E-state index contributed by atoms with van der Waals surface area (Å²) >= 11 is 0. The molecular weight excluding hydrogens is 488 g/mol. The van der Waals surface area contributed by atoms with E-state index in [9.17, 15) is 14.4 Å². The summed E-state index contributed by atoms with van der Waals surface area (Å²) in [4.78, 5) is 47.1. The van der Waals surface area contributed by atoms with Gasteiger partial charge in [0, 0.05) is 22.2 Å². The molecule has 0 bridgehead atoms. The van der Waals surface area contributed by atoms with Crippen molar-refractivity contribution in [3.8, 4) is 0 Å². The fourth-order valence-corrected chi connectivity index (χ4v) is 5.47. The largest absolute Gasteiger partial charge is 0.321 e. The van der Waals surface area contributed by atoms with Gasteiger partial charge in [-0.1, -0.05) is 86.8 Å². The third-order valence-corrected chi connectivity index (χ3v) is 7.73. The molecule has 0 saturated heterocycles. The Kier molecular flexibility index (Phi) is 7.59. The van der Waals surface area contributed by atoms with Crippen LogP contribution in [0.5, 0.6) is 0 Å². The number of para-hydroxylation sites is 1. The van der Waals surface area contributed by atoms with E-state index in [-0.39, 0.29) is 12.3 Å². The molecule has 1 heterocycles. The predicted molar refractivity (Wildman–Crippen MR) is 154 cm³/mol. The minimum absolute atomic E-state index is 0.0384. The molecule has 1 aliphatic heterocycles. The van der Waals surface area contributed by atoms with Gasteiger partial charge in [0.15, 0.2) is 5.78 Å². The third-order valence-electron chi connectivity index (χ3n) is 7.73. The standard InChI is InChI=1S/C32H34N4O3/c1-22-12-11-15-24(20-22)33-31(39)35-29-30(38)36(21-27(37)32(2)18-9-4-10-19-32)26-17-8-7-16-25(26)28(34-29)23-13-5-3-6-14-23/h3,5-8,11-17,20,29H,4,9-10,18-19,21H2,1-2H3,(H2,33,35,39)/t29-/m0/s1. The van der Waals surface area contributed by atoms with Gasteiger partial charge in [0.1, 0.15) is 0 Å². The van der Waals surface area contributed by atoms with E-state index in [1.54, 1.807) is 6.07 Å². The summed E-state index contributed by atoms with van der Waals surface area (Å²) in [5, 5.41) is 5.57. The van der Waals surface area contributed by atoms with E-state index < -0.39 is 23.5 Å². The van der Waals surface area contributed by atoms with Gasteiger partial charge in [0.05, 0.1) is 17.9 Å². The van der Waals surface area contributed by atoms with Gasteiger partial charge >= 0.3 is 6.03 Å². The predicted octanol–water partition coefficient (Wildman–Crippen LogP) is 5.87. The number of fused-ring (bicyclic) bond motifs is 1. The second-order valence-electron chi connectivity index (χ2n) is 10.7. The van der Waals surface area contributed by atoms with Crippen LogP contribution in [0, 0.1) is 12.3 Å². The number of rotatable bonds is 6. The SMILES string of the molecule is Cc1cccc(NC(=O)N[C@@H]2N=C(c3ccccc3)c3ccccc3N(CC(=O)C3(C)CCCCC3)C2=O)c1. The average Bonchev–Trinajstić information content (AvgIpc) is 3.04. The van der Waals surface area contributed by atoms with E-state index in [1.807, 2.05) is 86.6 Å². The van der Waals surface area contributed by atoms with Gasteiger partial charge in [-0.3, -0.25) is 9.59 Å². The molecule has 200 valence electrons. The molecule has 0 radical (unpaired) electrons. The van der Waals surface area contributed by atoms with Crippen LogP contribution >= 0.6 is 0 Å². The number of amides is 3. The van der Waals surface area contributed by atoms with Crippen molar-refractivity contribution in [2.75, 3.05) is 16.8 Å². The Bertz CT molecular complexity index is 1410. The smallest absolute Gasteiger partial charge is 0.308 e. The number of benzene rings is 3. The number of hydrogen-bond donors (Lipinski definition) is 2. The Morgan fingerprint density at radius 1 is 0.949 bits per heavy atom. The number of nitrogens with one attached hydrogen (secondary N) is 2. The number of carbonyl (C=O) groups is 3. The van der Waals surface area contributed by atoms with Crippen molar-refractivity contribution in [3.05, 3.63) is 95.6 Å². The molecule has 39 heavy (non-hydrogen) atoms. The van der Waals surface area contributed by atoms with Crippen LogP contribution in [0.4, 0.5) is 16.2 Å². The zero-order valence-electron chi connectivity index (χ0n) is 22.4. The van der Waals surface area contributed by atoms with Crippen molar-refractivity contribution in [2.24, 2.45) is 10.4 Å². The molecule has 1 aliphatic carbocycles. The van der Waals surface area contributed by atoms with Gasteiger partial charge in [-0.05, 0) is 43.5 Å². The van der Waals surface area contributed by atoms with E-state index in [1.165, 1.54) is 4.90 Å². The van der Waals surface area contributed by atoms with Crippen LogP contribution < -0.4 is 15.5 Å². The summed E-state index contributed by atoms with van der Waals surface area (Å²) in [5.41, 5.74) is 3.90. The number of anilines is 2. The zero-order valence-corrected chi connectivity index (χ0v) is 22.4. The number of benzodiazepines with no additional fused rings is 1. The van der Waals surface area contributed by atoms with E-state index >= 15 is 0 Å². The monoisotopic (exact) mass is 522 g/mol. The lowest BCUT2D eigenvalue weighted by Crippen LogP contribution is -2.51. The molecule has 7 heteroatoms. The Hall–Kier alpha value is -4.26. The molecule has 7 nitrogen and oxygen atoms in total. The lowest BCUT2D eigenvalue weighted by molar-refractivity contribution is -0.130. The molecule has 0 unspecified atom stereocenters. The molecule has 3 aromatic carbocycles. The highest BCUT2D eigenvalue weighted by Gasteiger charge is 2.39. The van der Waals surface area contributed by atoms with Gasteiger partial charge in [0.2, 0.25) is 6.17 Å². The minimum Gasteiger partial charge on any atom is -0.308 e. The van der Waals surface area contributed by atoms with Gasteiger partial charge in [-0.25, -0.2) is 9.79 Å². The van der Waals surface area contributed by atoms with E-state index in [4.69, 9.17) is 4.99 Å². The highest BCUT2D eigenvalue weighted by molar-refractivity contribution is 6.21. The fraction of sp³-hybridized carbons (Fsp3) is 0.312. The number of aliphatic imine (C=N–C) groups is 1. The van der Waals surface area contributed by atoms with E-state index in [0.29, 0.717) is 17.1 Å². The summed E-state index contributed by atoms with van der Waals surface area (Å²) in [6.45, 7) is 3.88. The maximum atomic E-state index is 14.1. The van der Waals surface area contributed by atoms with Crippen LogP contribution in [-0.2, 0) is 9.59 Å². The van der Waals surface area contributed by atoms with Gasteiger partial charge in [-0.2, -0.15) is 0 Å². The number of ketones is 1. The topological polar surface area (TPSA) is 90.9 Å². The molecular formula is C32H34N4O3. The Balaban J connectivity index is 1.52. The number of nitrogens with zero attached hydrogens (tertiary/aromatic N) is 2. The Labute approximate surface area is 229 Å². The minimum atomic E-state index is -1.22. The molecule has 0 spiro atoms. The van der Waals surface area contributed by atoms with Crippen molar-refractivity contribution < 1.29 is 14.4 Å². The van der Waals surface area contributed by atoms with Crippen LogP contribution in [-0.4, -0.2) is 36.1 Å². The van der Waals surface area contributed by atoms with Gasteiger partial charge in [0.25, 0.3) is 5.91 Å². The van der Waals surface area contributed by atoms with Crippen molar-refractivity contribution in [1.29, 1.82) is 0 Å². The van der Waals surface area contributed by atoms with Crippen molar-refractivity contribution in [2.45, 2.75) is 52.1 Å². The molecule has 1 saturated carbocycles. The number of Topliss-reactive ketones (excluding diaryl/α,β-unsaturated/α-hetero) is 1. The van der Waals surface area contributed by atoms with E-state index in [2.05, 4.69) is 10.6 Å². The zero-order chi connectivity index (χ0) is 27.4. The molecule has 1 atom stereocenters. The fourth-order valence-electron chi connectivity index (χ4n) is 5.47. The lowest BCUT2D eigenvalue weighted by atomic mass is 9.72. The Morgan fingerprint density at radius 3 is 2.41 bits per heavy atom. The molecule has 1 fully saturated rings. The van der Waals surface area contributed by atoms with Crippen LogP contribution in [0.25, 0.3) is 0 Å². The normalized spacial score (nSPS) is 18.4. The van der Waals surface area contributed by atoms with Crippen LogP contribution in [0.1, 0.15) is 55.7 Å². The second kappa shape index (κ2) is 11.2. The molecule has 2 N–H and O–H groups in total. The summed E-state index contributed by atoms with van der Waals surface area (Å²) < 4.78 is 0. The van der Waals surface area contributed by atoms with Crippen LogP contribution in [0.15, 0.2) is 83.9 Å². The summed E-state index contributed by atoms with van der Waals surface area (Å²) in [5.74, 6) is -0.406. The number of hydrogen-bond acceptors (Lipinski definition) is 4. The third kappa shape index (κ3) is 5.77. The lowest BCUT2D eigenvalue weighted by Gasteiger charge is -2.34. The second-order valence-corrected chi connectivity index (χ2v) is 10.7. The summed E-state index contributed by atoms with van der Waals surface area (Å²) in [7, 11) is 0. The van der Waals surface area contributed by atoms with Gasteiger partial charge < -0.3 is 15.5 Å². The number of carbonyl (C=O) groups excluding carboxylic acids is 3. The maximum absolute atomic E-state index is 14.1. The highest BCUT2D eigenvalue weighted by Crippen LogP contribution is 2.38. The van der Waals surface area contributed by atoms with Crippen molar-refractivity contribution >= 4 is 34.8 Å². The van der Waals surface area contributed by atoms with Crippen molar-refractivity contribution in [1.82, 2.24) is 5.32 Å². The quantitative estimate of drug-likeness (QED) is 0.424. The van der Waals surface area contributed by atoms with Gasteiger partial charge in [-0.15, -0.1) is 0 Å². The molecule has 3 aromatic rings. The number of aryl methyl sites for hydroxylation is 1. The summed E-state index contributed by atoms with van der Waals surface area (Å²) in [6, 6.07) is 23.9. The average molecular weight is 523 g/mol. The number of urea groups is 1. The van der Waals surface area contributed by atoms with Crippen molar-refractivity contribution in [3.63, 3.8) is 0 Å². The molecule has 3 amide bonds. The maximum Gasteiger partial charge on any atom is 0.321 e. The first-order valence-corrected chi connectivity index (χ1v) is 13.6. The summed E-state index contributed by atoms with van der Waals surface area (Å²) in [6.07, 6.45) is 3.58.